The van der Waals surface area contributed by atoms with Crippen molar-refractivity contribution >= 4 is 33.6 Å². The quantitative estimate of drug-likeness (QED) is 0.728. The second-order valence-corrected chi connectivity index (χ2v) is 4.85. The maximum Gasteiger partial charge on any atom is 0.326 e. The van der Waals surface area contributed by atoms with Gasteiger partial charge in [-0.2, -0.15) is 0 Å². The van der Waals surface area contributed by atoms with Crippen molar-refractivity contribution in [2.75, 3.05) is 5.32 Å². The predicted octanol–water partition coefficient (Wildman–Crippen LogP) is 2.91. The highest BCUT2D eigenvalue weighted by Crippen LogP contribution is 2.23. The molecule has 0 aliphatic rings. The number of carboxylic acid groups (broad SMARTS) is 1. The van der Waals surface area contributed by atoms with E-state index in [1.165, 1.54) is 6.08 Å². The molecule has 5 nitrogen and oxygen atoms in total. The minimum absolute atomic E-state index is 0.165. The third-order valence-corrected chi connectivity index (χ3v) is 3.03. The average molecular weight is 327 g/mol. The molecule has 2 amide bonds. The summed E-state index contributed by atoms with van der Waals surface area (Å²) in [4.78, 5) is 22.6. The van der Waals surface area contributed by atoms with Gasteiger partial charge in [0.25, 0.3) is 0 Å². The van der Waals surface area contributed by atoms with Crippen LogP contribution in [0.15, 0.2) is 35.3 Å². The van der Waals surface area contributed by atoms with Gasteiger partial charge in [0.05, 0.1) is 5.69 Å². The summed E-state index contributed by atoms with van der Waals surface area (Å²) in [5, 5.41) is 13.9. The van der Waals surface area contributed by atoms with Crippen molar-refractivity contribution in [3.8, 4) is 0 Å². The Balaban J connectivity index is 2.68. The fourth-order valence-corrected chi connectivity index (χ4v) is 2.02. The highest BCUT2D eigenvalue weighted by atomic mass is 79.9. The molecule has 0 fully saturated rings. The average Bonchev–Trinajstić information content (AvgIpc) is 2.32. The SMILES string of the molecule is C=CCC(NC(=O)Nc1ccc(C)cc1Br)C(=O)O. The third kappa shape index (κ3) is 4.75. The zero-order chi connectivity index (χ0) is 14.4. The fraction of sp³-hybridized carbons (Fsp3) is 0.231. The molecule has 0 saturated heterocycles. The first kappa shape index (κ1) is 15.2. The Morgan fingerprint density at radius 2 is 2.21 bits per heavy atom. The molecule has 0 bridgehead atoms. The van der Waals surface area contributed by atoms with Crippen molar-refractivity contribution in [3.05, 3.63) is 40.9 Å². The van der Waals surface area contributed by atoms with Gasteiger partial charge in [-0.3, -0.25) is 0 Å². The summed E-state index contributed by atoms with van der Waals surface area (Å²) in [7, 11) is 0. The van der Waals surface area contributed by atoms with Crippen LogP contribution in [0.3, 0.4) is 0 Å². The summed E-state index contributed by atoms with van der Waals surface area (Å²) in [5.41, 5.74) is 1.62. The van der Waals surface area contributed by atoms with Crippen LogP contribution in [0.5, 0.6) is 0 Å². The molecule has 3 N–H and O–H groups in total. The molecular weight excluding hydrogens is 312 g/mol. The van der Waals surface area contributed by atoms with Crippen molar-refractivity contribution in [2.45, 2.75) is 19.4 Å². The molecule has 19 heavy (non-hydrogen) atoms. The van der Waals surface area contributed by atoms with E-state index >= 15 is 0 Å². The van der Waals surface area contributed by atoms with E-state index in [9.17, 15) is 9.59 Å². The molecule has 0 aliphatic heterocycles. The number of carboxylic acids is 1. The molecule has 0 spiro atoms. The van der Waals surface area contributed by atoms with Crippen molar-refractivity contribution < 1.29 is 14.7 Å². The second kappa shape index (κ2) is 6.94. The Labute approximate surface area is 119 Å². The summed E-state index contributed by atoms with van der Waals surface area (Å²) in [6, 6.07) is 3.88. The number of halogens is 1. The maximum atomic E-state index is 11.7. The number of anilines is 1. The highest BCUT2D eigenvalue weighted by molar-refractivity contribution is 9.10. The lowest BCUT2D eigenvalue weighted by molar-refractivity contribution is -0.139. The zero-order valence-corrected chi connectivity index (χ0v) is 12.0. The van der Waals surface area contributed by atoms with Crippen molar-refractivity contribution in [1.29, 1.82) is 0 Å². The minimum atomic E-state index is -1.10. The van der Waals surface area contributed by atoms with Gasteiger partial charge in [0.2, 0.25) is 0 Å². The molecule has 1 aromatic rings. The standard InChI is InChI=1S/C13H15BrN2O3/c1-3-4-11(12(17)18)16-13(19)15-10-6-5-8(2)7-9(10)14/h3,5-7,11H,1,4H2,2H3,(H,17,18)(H2,15,16,19). The number of hydrogen-bond donors (Lipinski definition) is 3. The molecule has 0 aliphatic carbocycles. The van der Waals surface area contributed by atoms with Crippen LogP contribution in [0.1, 0.15) is 12.0 Å². The Hall–Kier alpha value is -1.82. The first-order valence-electron chi connectivity index (χ1n) is 5.61. The highest BCUT2D eigenvalue weighted by Gasteiger charge is 2.18. The van der Waals surface area contributed by atoms with Gasteiger partial charge in [0.15, 0.2) is 0 Å². The molecule has 1 unspecified atom stereocenters. The number of carbonyl (C=O) groups excluding carboxylic acids is 1. The van der Waals surface area contributed by atoms with Gasteiger partial charge >= 0.3 is 12.0 Å². The Morgan fingerprint density at radius 3 is 2.74 bits per heavy atom. The molecule has 1 aromatic carbocycles. The number of nitrogens with one attached hydrogen (secondary N) is 2. The second-order valence-electron chi connectivity index (χ2n) is 4.00. The van der Waals surface area contributed by atoms with Crippen molar-refractivity contribution in [3.63, 3.8) is 0 Å². The lowest BCUT2D eigenvalue weighted by atomic mass is 10.2. The van der Waals surface area contributed by atoms with E-state index in [2.05, 4.69) is 33.1 Å². The summed E-state index contributed by atoms with van der Waals surface area (Å²) in [6.45, 7) is 5.39. The summed E-state index contributed by atoms with van der Waals surface area (Å²) < 4.78 is 0.734. The number of urea groups is 1. The first-order valence-corrected chi connectivity index (χ1v) is 6.40. The van der Waals surface area contributed by atoms with E-state index in [1.54, 1.807) is 6.07 Å². The minimum Gasteiger partial charge on any atom is -0.480 e. The number of rotatable bonds is 5. The smallest absolute Gasteiger partial charge is 0.326 e. The Bertz CT molecular complexity index is 503. The number of benzene rings is 1. The molecule has 102 valence electrons. The molecule has 0 saturated carbocycles. The molecule has 1 rings (SSSR count). The fourth-order valence-electron chi connectivity index (χ4n) is 1.43. The topological polar surface area (TPSA) is 78.4 Å². The van der Waals surface area contributed by atoms with Crippen LogP contribution in [-0.2, 0) is 4.79 Å². The van der Waals surface area contributed by atoms with Gasteiger partial charge < -0.3 is 15.7 Å². The van der Waals surface area contributed by atoms with E-state index in [1.807, 2.05) is 19.1 Å². The lowest BCUT2D eigenvalue weighted by Gasteiger charge is -2.14. The van der Waals surface area contributed by atoms with E-state index in [0.717, 1.165) is 10.0 Å². The van der Waals surface area contributed by atoms with Crippen LogP contribution >= 0.6 is 15.9 Å². The largest absolute Gasteiger partial charge is 0.480 e. The molecule has 6 heteroatoms. The van der Waals surface area contributed by atoms with Gasteiger partial charge in [0, 0.05) is 4.47 Å². The molecule has 1 atom stereocenters. The van der Waals surface area contributed by atoms with Crippen molar-refractivity contribution in [1.82, 2.24) is 5.32 Å². The summed E-state index contributed by atoms with van der Waals surface area (Å²) in [5.74, 6) is -1.10. The van der Waals surface area contributed by atoms with Crippen LogP contribution in [-0.4, -0.2) is 23.1 Å². The predicted molar refractivity (Wildman–Crippen MR) is 77.3 cm³/mol. The van der Waals surface area contributed by atoms with E-state index in [4.69, 9.17) is 5.11 Å². The third-order valence-electron chi connectivity index (χ3n) is 2.38. The van der Waals surface area contributed by atoms with Crippen molar-refractivity contribution in [2.24, 2.45) is 0 Å². The first-order chi connectivity index (χ1) is 8.93. The molecular formula is C13H15BrN2O3. The lowest BCUT2D eigenvalue weighted by Crippen LogP contribution is -2.42. The van der Waals surface area contributed by atoms with E-state index in [0.29, 0.717) is 5.69 Å². The van der Waals surface area contributed by atoms with Gasteiger partial charge in [0.1, 0.15) is 6.04 Å². The van der Waals surface area contributed by atoms with Gasteiger partial charge in [-0.1, -0.05) is 12.1 Å². The Kier molecular flexibility index (Phi) is 5.57. The number of carbonyl (C=O) groups is 2. The normalized spacial score (nSPS) is 11.5. The van der Waals surface area contributed by atoms with Crippen LogP contribution in [0.4, 0.5) is 10.5 Å². The van der Waals surface area contributed by atoms with Crippen LogP contribution in [0.25, 0.3) is 0 Å². The van der Waals surface area contributed by atoms with Crippen LogP contribution < -0.4 is 10.6 Å². The summed E-state index contributed by atoms with van der Waals surface area (Å²) in [6.07, 6.45) is 1.61. The number of hydrogen-bond acceptors (Lipinski definition) is 2. The maximum absolute atomic E-state index is 11.7. The Morgan fingerprint density at radius 1 is 1.53 bits per heavy atom. The van der Waals surface area contributed by atoms with Crippen LogP contribution in [0, 0.1) is 6.92 Å². The van der Waals surface area contributed by atoms with E-state index < -0.39 is 18.0 Å². The molecule has 0 aromatic heterocycles. The van der Waals surface area contributed by atoms with Gasteiger partial charge in [-0.25, -0.2) is 9.59 Å². The molecule has 0 heterocycles. The van der Waals surface area contributed by atoms with E-state index in [-0.39, 0.29) is 6.42 Å². The molecule has 0 radical (unpaired) electrons. The number of aliphatic carboxylic acids is 1. The summed E-state index contributed by atoms with van der Waals surface area (Å²) >= 11 is 3.33. The van der Waals surface area contributed by atoms with Gasteiger partial charge in [-0.05, 0) is 47.0 Å². The van der Waals surface area contributed by atoms with Crippen LogP contribution in [0.2, 0.25) is 0 Å². The van der Waals surface area contributed by atoms with Gasteiger partial charge in [-0.15, -0.1) is 6.58 Å². The number of amides is 2. The monoisotopic (exact) mass is 326 g/mol. The zero-order valence-electron chi connectivity index (χ0n) is 10.4. The number of aryl methyl sites for hydroxylation is 1.